The standard InChI is InChI=1S/C20H32/c1-5-7-20-16(4)18(6-2)12-13-19(20)14-17-10-8-15(3)9-11-17/h12-13,15,17H,5-11,14H2,1-4H3. The third kappa shape index (κ3) is 3.65. The highest BCUT2D eigenvalue weighted by molar-refractivity contribution is 5.41. The van der Waals surface area contributed by atoms with Crippen LogP contribution in [0, 0.1) is 18.8 Å². The van der Waals surface area contributed by atoms with Crippen LogP contribution < -0.4 is 0 Å². The third-order valence-electron chi connectivity index (χ3n) is 5.33. The molecule has 0 unspecified atom stereocenters. The van der Waals surface area contributed by atoms with Gasteiger partial charge in [0, 0.05) is 0 Å². The molecule has 1 aromatic rings. The highest BCUT2D eigenvalue weighted by atomic mass is 14.3. The zero-order valence-electron chi connectivity index (χ0n) is 14.0. The summed E-state index contributed by atoms with van der Waals surface area (Å²) in [6.45, 7) is 9.35. The second kappa shape index (κ2) is 7.29. The number of benzene rings is 1. The fraction of sp³-hybridized carbons (Fsp3) is 0.700. The fourth-order valence-corrected chi connectivity index (χ4v) is 3.88. The monoisotopic (exact) mass is 272 g/mol. The summed E-state index contributed by atoms with van der Waals surface area (Å²) in [5.41, 5.74) is 6.46. The maximum Gasteiger partial charge on any atom is -0.0248 e. The molecule has 0 aromatic heterocycles. The van der Waals surface area contributed by atoms with Gasteiger partial charge in [-0.3, -0.25) is 0 Å². The molecule has 0 heteroatoms. The summed E-state index contributed by atoms with van der Waals surface area (Å²) in [5.74, 6) is 1.90. The lowest BCUT2D eigenvalue weighted by atomic mass is 9.78. The van der Waals surface area contributed by atoms with Gasteiger partial charge >= 0.3 is 0 Å². The number of hydrogen-bond acceptors (Lipinski definition) is 0. The zero-order valence-corrected chi connectivity index (χ0v) is 14.0. The Labute approximate surface area is 126 Å². The minimum atomic E-state index is 0.939. The maximum atomic E-state index is 2.44. The molecular formula is C20H32. The van der Waals surface area contributed by atoms with Crippen molar-refractivity contribution in [2.75, 3.05) is 0 Å². The van der Waals surface area contributed by atoms with Crippen molar-refractivity contribution in [3.63, 3.8) is 0 Å². The Morgan fingerprint density at radius 1 is 1.00 bits per heavy atom. The molecule has 0 spiro atoms. The first-order valence-corrected chi connectivity index (χ1v) is 8.75. The van der Waals surface area contributed by atoms with E-state index >= 15 is 0 Å². The smallest absolute Gasteiger partial charge is 0.0248 e. The van der Waals surface area contributed by atoms with E-state index in [1.807, 2.05) is 0 Å². The summed E-state index contributed by atoms with van der Waals surface area (Å²) in [7, 11) is 0. The van der Waals surface area contributed by atoms with Crippen molar-refractivity contribution in [2.45, 2.75) is 79.1 Å². The van der Waals surface area contributed by atoms with Gasteiger partial charge in [-0.25, -0.2) is 0 Å². The quantitative estimate of drug-likeness (QED) is 0.628. The summed E-state index contributed by atoms with van der Waals surface area (Å²) in [5, 5.41) is 0. The molecule has 112 valence electrons. The van der Waals surface area contributed by atoms with Gasteiger partial charge in [0.2, 0.25) is 0 Å². The van der Waals surface area contributed by atoms with Crippen molar-refractivity contribution >= 4 is 0 Å². The average Bonchev–Trinajstić information content (AvgIpc) is 2.45. The Kier molecular flexibility index (Phi) is 5.69. The lowest BCUT2D eigenvalue weighted by Gasteiger charge is -2.27. The Balaban J connectivity index is 2.16. The SMILES string of the molecule is CCCc1c(CC2CCC(C)CC2)ccc(CC)c1C. The van der Waals surface area contributed by atoms with Crippen LogP contribution in [0.2, 0.25) is 0 Å². The van der Waals surface area contributed by atoms with Gasteiger partial charge in [-0.05, 0) is 73.1 Å². The van der Waals surface area contributed by atoms with Crippen LogP contribution in [0.1, 0.15) is 75.1 Å². The van der Waals surface area contributed by atoms with Crippen molar-refractivity contribution in [1.29, 1.82) is 0 Å². The summed E-state index contributed by atoms with van der Waals surface area (Å²) < 4.78 is 0. The predicted octanol–water partition coefficient (Wildman–Crippen LogP) is 5.88. The van der Waals surface area contributed by atoms with E-state index in [1.54, 1.807) is 22.3 Å². The van der Waals surface area contributed by atoms with Gasteiger partial charge in [-0.2, -0.15) is 0 Å². The van der Waals surface area contributed by atoms with Gasteiger partial charge in [-0.1, -0.05) is 52.2 Å². The van der Waals surface area contributed by atoms with E-state index in [4.69, 9.17) is 0 Å². The van der Waals surface area contributed by atoms with Crippen molar-refractivity contribution in [1.82, 2.24) is 0 Å². The highest BCUT2D eigenvalue weighted by Crippen LogP contribution is 2.32. The van der Waals surface area contributed by atoms with Crippen LogP contribution in [0.4, 0.5) is 0 Å². The number of hydrogen-bond donors (Lipinski definition) is 0. The van der Waals surface area contributed by atoms with Crippen LogP contribution in [-0.4, -0.2) is 0 Å². The lowest BCUT2D eigenvalue weighted by molar-refractivity contribution is 0.288. The van der Waals surface area contributed by atoms with Crippen LogP contribution in [0.5, 0.6) is 0 Å². The lowest BCUT2D eigenvalue weighted by Crippen LogP contribution is -2.15. The van der Waals surface area contributed by atoms with Crippen molar-refractivity contribution < 1.29 is 0 Å². The van der Waals surface area contributed by atoms with Gasteiger partial charge < -0.3 is 0 Å². The topological polar surface area (TPSA) is 0 Å². The van der Waals surface area contributed by atoms with E-state index in [0.717, 1.165) is 11.8 Å². The molecule has 1 aromatic carbocycles. The van der Waals surface area contributed by atoms with Gasteiger partial charge in [-0.15, -0.1) is 0 Å². The third-order valence-corrected chi connectivity index (χ3v) is 5.33. The Bertz CT molecular complexity index is 422. The van der Waals surface area contributed by atoms with Crippen LogP contribution in [0.3, 0.4) is 0 Å². The molecule has 0 heterocycles. The Morgan fingerprint density at radius 2 is 1.65 bits per heavy atom. The van der Waals surface area contributed by atoms with E-state index in [1.165, 1.54) is 51.4 Å². The first-order chi connectivity index (χ1) is 9.65. The zero-order chi connectivity index (χ0) is 14.5. The van der Waals surface area contributed by atoms with Crippen LogP contribution in [-0.2, 0) is 19.3 Å². The molecule has 0 N–H and O–H groups in total. The molecular weight excluding hydrogens is 240 g/mol. The molecule has 1 saturated carbocycles. The molecule has 0 bridgehead atoms. The Morgan fingerprint density at radius 3 is 2.25 bits per heavy atom. The minimum absolute atomic E-state index is 0.939. The summed E-state index contributed by atoms with van der Waals surface area (Å²) in [6, 6.07) is 4.82. The predicted molar refractivity (Wildman–Crippen MR) is 89.4 cm³/mol. The van der Waals surface area contributed by atoms with Crippen molar-refractivity contribution in [3.05, 3.63) is 34.4 Å². The molecule has 0 aliphatic heterocycles. The largest absolute Gasteiger partial charge is 0.0651 e. The summed E-state index contributed by atoms with van der Waals surface area (Å²) in [6.07, 6.45) is 10.8. The molecule has 1 aliphatic carbocycles. The summed E-state index contributed by atoms with van der Waals surface area (Å²) >= 11 is 0. The molecule has 0 amide bonds. The van der Waals surface area contributed by atoms with E-state index in [2.05, 4.69) is 39.8 Å². The van der Waals surface area contributed by atoms with E-state index in [9.17, 15) is 0 Å². The van der Waals surface area contributed by atoms with Crippen LogP contribution in [0.15, 0.2) is 12.1 Å². The van der Waals surface area contributed by atoms with Gasteiger partial charge in [0.25, 0.3) is 0 Å². The van der Waals surface area contributed by atoms with Crippen molar-refractivity contribution in [3.8, 4) is 0 Å². The van der Waals surface area contributed by atoms with E-state index < -0.39 is 0 Å². The molecule has 0 nitrogen and oxygen atoms in total. The van der Waals surface area contributed by atoms with Crippen molar-refractivity contribution in [2.24, 2.45) is 11.8 Å². The highest BCUT2D eigenvalue weighted by Gasteiger charge is 2.20. The molecule has 0 saturated heterocycles. The second-order valence-electron chi connectivity index (χ2n) is 6.92. The second-order valence-corrected chi connectivity index (χ2v) is 6.92. The first kappa shape index (κ1) is 15.6. The van der Waals surface area contributed by atoms with E-state index in [-0.39, 0.29) is 0 Å². The molecule has 0 radical (unpaired) electrons. The molecule has 2 rings (SSSR count). The fourth-order valence-electron chi connectivity index (χ4n) is 3.88. The molecule has 1 aliphatic rings. The van der Waals surface area contributed by atoms with Crippen LogP contribution in [0.25, 0.3) is 0 Å². The number of rotatable bonds is 5. The van der Waals surface area contributed by atoms with E-state index in [0.29, 0.717) is 0 Å². The first-order valence-electron chi connectivity index (χ1n) is 8.75. The minimum Gasteiger partial charge on any atom is -0.0651 e. The number of aryl methyl sites for hydroxylation is 1. The normalized spacial score (nSPS) is 23.0. The average molecular weight is 272 g/mol. The van der Waals surface area contributed by atoms with Gasteiger partial charge in [0.05, 0.1) is 0 Å². The van der Waals surface area contributed by atoms with Crippen LogP contribution >= 0.6 is 0 Å². The molecule has 0 atom stereocenters. The van der Waals surface area contributed by atoms with Gasteiger partial charge in [0.1, 0.15) is 0 Å². The maximum absolute atomic E-state index is 2.44. The molecule has 20 heavy (non-hydrogen) atoms. The summed E-state index contributed by atoms with van der Waals surface area (Å²) in [4.78, 5) is 0. The van der Waals surface area contributed by atoms with Gasteiger partial charge in [0.15, 0.2) is 0 Å². The Hall–Kier alpha value is -0.780. The molecule has 1 fully saturated rings.